The predicted octanol–water partition coefficient (Wildman–Crippen LogP) is 3.06. The quantitative estimate of drug-likeness (QED) is 0.527. The zero-order valence-corrected chi connectivity index (χ0v) is 12.5. The Morgan fingerprint density at radius 3 is 2.86 bits per heavy atom. The lowest BCUT2D eigenvalue weighted by Gasteiger charge is -2.16. The van der Waals surface area contributed by atoms with Gasteiger partial charge in [-0.3, -0.25) is 14.9 Å². The van der Waals surface area contributed by atoms with Gasteiger partial charge in [0.15, 0.2) is 0 Å². The maximum absolute atomic E-state index is 12.0. The maximum atomic E-state index is 12.0. The minimum absolute atomic E-state index is 0.0512. The van der Waals surface area contributed by atoms with Crippen molar-refractivity contribution in [2.75, 3.05) is 0 Å². The fourth-order valence-corrected chi connectivity index (χ4v) is 3.68. The van der Waals surface area contributed by atoms with Crippen LogP contribution in [-0.2, 0) is 0 Å². The highest BCUT2D eigenvalue weighted by Crippen LogP contribution is 2.47. The highest BCUT2D eigenvalue weighted by atomic mass is 16.6. The molecule has 1 aromatic rings. The summed E-state index contributed by atoms with van der Waals surface area (Å²) < 4.78 is 0. The molecule has 0 saturated heterocycles. The van der Waals surface area contributed by atoms with Crippen molar-refractivity contribution >= 4 is 17.8 Å². The Morgan fingerprint density at radius 2 is 2.23 bits per heavy atom. The van der Waals surface area contributed by atoms with Gasteiger partial charge in [0.2, 0.25) is 0 Å². The number of nitrogens with one attached hydrogen (secondary N) is 1. The summed E-state index contributed by atoms with van der Waals surface area (Å²) in [5.74, 6) is 1.59. The zero-order valence-electron chi connectivity index (χ0n) is 12.5. The van der Waals surface area contributed by atoms with E-state index in [1.807, 2.05) is 6.21 Å². The van der Waals surface area contributed by atoms with Gasteiger partial charge in [0, 0.05) is 23.4 Å². The molecule has 0 unspecified atom stereocenters. The summed E-state index contributed by atoms with van der Waals surface area (Å²) in [4.78, 5) is 22.4. The highest BCUT2D eigenvalue weighted by Gasteiger charge is 2.38. The first kappa shape index (κ1) is 14.7. The van der Waals surface area contributed by atoms with Crippen LogP contribution in [0.2, 0.25) is 0 Å². The van der Waals surface area contributed by atoms with E-state index in [1.165, 1.54) is 31.7 Å². The second kappa shape index (κ2) is 5.87. The zero-order chi connectivity index (χ0) is 15.7. The third kappa shape index (κ3) is 2.86. The molecule has 0 radical (unpaired) electrons. The fourth-order valence-electron chi connectivity index (χ4n) is 3.68. The Kier molecular flexibility index (Phi) is 3.92. The Labute approximate surface area is 128 Å². The van der Waals surface area contributed by atoms with Crippen LogP contribution in [0.3, 0.4) is 0 Å². The molecule has 2 aliphatic carbocycles. The van der Waals surface area contributed by atoms with E-state index in [9.17, 15) is 14.9 Å². The normalized spacial score (nSPS) is 26.5. The number of rotatable bonds is 4. The van der Waals surface area contributed by atoms with Gasteiger partial charge >= 0.3 is 0 Å². The van der Waals surface area contributed by atoms with Crippen LogP contribution in [0.4, 0.5) is 5.69 Å². The first-order chi connectivity index (χ1) is 10.5. The van der Waals surface area contributed by atoms with E-state index in [0.29, 0.717) is 17.4 Å². The average Bonchev–Trinajstić information content (AvgIpc) is 3.10. The predicted molar refractivity (Wildman–Crippen MR) is 82.7 cm³/mol. The molecular weight excluding hydrogens is 282 g/mol. The van der Waals surface area contributed by atoms with Gasteiger partial charge in [-0.2, -0.15) is 5.10 Å². The minimum Gasteiger partial charge on any atom is -0.267 e. The van der Waals surface area contributed by atoms with Crippen LogP contribution in [0, 0.1) is 34.8 Å². The summed E-state index contributed by atoms with van der Waals surface area (Å²) in [6.45, 7) is 1.65. The van der Waals surface area contributed by atoms with Crippen molar-refractivity contribution in [3.63, 3.8) is 0 Å². The van der Waals surface area contributed by atoms with Gasteiger partial charge in [-0.05, 0) is 50.0 Å². The summed E-state index contributed by atoms with van der Waals surface area (Å²) in [5, 5.41) is 15.0. The first-order valence-electron chi connectivity index (χ1n) is 7.63. The van der Waals surface area contributed by atoms with Gasteiger partial charge in [0.1, 0.15) is 0 Å². The lowest BCUT2D eigenvalue weighted by molar-refractivity contribution is -0.385. The van der Waals surface area contributed by atoms with Gasteiger partial charge < -0.3 is 0 Å². The van der Waals surface area contributed by atoms with Crippen molar-refractivity contribution in [1.29, 1.82) is 0 Å². The standard InChI is InChI=1S/C16H19N3O3/c1-10-2-4-13(8-15(10)19(21)22)16(20)18-17-9-14-7-11-3-5-12(14)6-11/h2,4,8-9,11-12,14H,3,5-7H2,1H3,(H,18,20)/b17-9-/t11-,12-,14-/m0/s1. The van der Waals surface area contributed by atoms with Crippen LogP contribution in [0.15, 0.2) is 23.3 Å². The van der Waals surface area contributed by atoms with Gasteiger partial charge in [0.05, 0.1) is 4.92 Å². The second-order valence-electron chi connectivity index (χ2n) is 6.32. The number of hydrogen-bond donors (Lipinski definition) is 1. The lowest BCUT2D eigenvalue weighted by Crippen LogP contribution is -2.20. The lowest BCUT2D eigenvalue weighted by atomic mass is 9.90. The van der Waals surface area contributed by atoms with Gasteiger partial charge in [0.25, 0.3) is 11.6 Å². The van der Waals surface area contributed by atoms with E-state index < -0.39 is 10.8 Å². The largest absolute Gasteiger partial charge is 0.273 e. The molecule has 0 aliphatic heterocycles. The molecule has 3 atom stereocenters. The van der Waals surface area contributed by atoms with Crippen molar-refractivity contribution < 1.29 is 9.72 Å². The monoisotopic (exact) mass is 301 g/mol. The number of fused-ring (bicyclic) bond motifs is 2. The van der Waals surface area contributed by atoms with E-state index in [1.54, 1.807) is 19.1 Å². The molecule has 0 aromatic heterocycles. The summed E-state index contributed by atoms with van der Waals surface area (Å²) >= 11 is 0. The number of benzene rings is 1. The molecule has 2 bridgehead atoms. The van der Waals surface area contributed by atoms with E-state index in [2.05, 4.69) is 10.5 Å². The number of hydrazone groups is 1. The first-order valence-corrected chi connectivity index (χ1v) is 7.63. The smallest absolute Gasteiger partial charge is 0.267 e. The molecule has 1 amide bonds. The molecule has 0 heterocycles. The maximum Gasteiger partial charge on any atom is 0.273 e. The van der Waals surface area contributed by atoms with E-state index in [-0.39, 0.29) is 11.3 Å². The summed E-state index contributed by atoms with van der Waals surface area (Å²) in [6.07, 6.45) is 6.88. The van der Waals surface area contributed by atoms with Crippen molar-refractivity contribution in [3.8, 4) is 0 Å². The number of nitro groups is 1. The molecule has 1 aromatic carbocycles. The molecule has 3 rings (SSSR count). The number of nitro benzene ring substituents is 1. The van der Waals surface area contributed by atoms with Crippen LogP contribution >= 0.6 is 0 Å². The molecule has 6 nitrogen and oxygen atoms in total. The van der Waals surface area contributed by atoms with Crippen LogP contribution in [0.5, 0.6) is 0 Å². The topological polar surface area (TPSA) is 84.6 Å². The number of nitrogens with zero attached hydrogens (tertiary/aromatic N) is 2. The Hall–Kier alpha value is -2.24. The Morgan fingerprint density at radius 1 is 1.41 bits per heavy atom. The van der Waals surface area contributed by atoms with Crippen LogP contribution in [0.1, 0.15) is 41.6 Å². The molecule has 2 fully saturated rings. The van der Waals surface area contributed by atoms with Gasteiger partial charge in [-0.15, -0.1) is 0 Å². The molecule has 2 saturated carbocycles. The Bertz CT molecular complexity index is 642. The fraction of sp³-hybridized carbons (Fsp3) is 0.500. The molecule has 116 valence electrons. The average molecular weight is 301 g/mol. The summed E-state index contributed by atoms with van der Waals surface area (Å²) in [5.41, 5.74) is 3.21. The SMILES string of the molecule is Cc1ccc(C(=O)N/N=C\[C@@H]2C[C@H]3CC[C@H]2C3)cc1[N+](=O)[O-]. The number of aryl methyl sites for hydroxylation is 1. The van der Waals surface area contributed by atoms with Crippen LogP contribution in [0.25, 0.3) is 0 Å². The summed E-state index contributed by atoms with van der Waals surface area (Å²) in [6, 6.07) is 4.44. The van der Waals surface area contributed by atoms with E-state index in [0.717, 1.165) is 5.92 Å². The molecular formula is C16H19N3O3. The van der Waals surface area contributed by atoms with Crippen molar-refractivity contribution in [1.82, 2.24) is 5.43 Å². The number of hydrogen-bond acceptors (Lipinski definition) is 4. The van der Waals surface area contributed by atoms with Crippen molar-refractivity contribution in [2.45, 2.75) is 32.6 Å². The van der Waals surface area contributed by atoms with Crippen molar-refractivity contribution in [3.05, 3.63) is 39.4 Å². The molecule has 0 spiro atoms. The van der Waals surface area contributed by atoms with Crippen LogP contribution < -0.4 is 5.43 Å². The molecule has 22 heavy (non-hydrogen) atoms. The van der Waals surface area contributed by atoms with E-state index >= 15 is 0 Å². The number of carbonyl (C=O) groups excluding carboxylic acids is 1. The molecule has 1 N–H and O–H groups in total. The minimum atomic E-state index is -0.482. The van der Waals surface area contributed by atoms with Gasteiger partial charge in [-0.1, -0.05) is 12.5 Å². The van der Waals surface area contributed by atoms with Crippen molar-refractivity contribution in [2.24, 2.45) is 22.9 Å². The Balaban J connectivity index is 1.62. The van der Waals surface area contributed by atoms with Crippen LogP contribution in [-0.4, -0.2) is 17.0 Å². The van der Waals surface area contributed by atoms with E-state index in [4.69, 9.17) is 0 Å². The second-order valence-corrected chi connectivity index (χ2v) is 6.32. The molecule has 6 heteroatoms. The van der Waals surface area contributed by atoms with Gasteiger partial charge in [-0.25, -0.2) is 5.43 Å². The third-order valence-corrected chi connectivity index (χ3v) is 4.89. The number of amides is 1. The number of carbonyl (C=O) groups is 1. The molecule has 2 aliphatic rings. The highest BCUT2D eigenvalue weighted by molar-refractivity contribution is 5.95. The summed E-state index contributed by atoms with van der Waals surface area (Å²) in [7, 11) is 0. The third-order valence-electron chi connectivity index (χ3n) is 4.89.